The lowest BCUT2D eigenvalue weighted by Crippen LogP contribution is -2.39. The van der Waals surface area contributed by atoms with Gasteiger partial charge in [0.25, 0.3) is 0 Å². The minimum atomic E-state index is -0.334. The van der Waals surface area contributed by atoms with Crippen LogP contribution in [0.2, 0.25) is 0 Å². The van der Waals surface area contributed by atoms with Crippen LogP contribution in [-0.2, 0) is 14.0 Å². The number of allylic oxidation sites excluding steroid dienone is 2. The van der Waals surface area contributed by atoms with Crippen LogP contribution in [0.25, 0.3) is 0 Å². The molecule has 0 aromatic heterocycles. The van der Waals surface area contributed by atoms with Crippen molar-refractivity contribution < 1.29 is 14.0 Å². The van der Waals surface area contributed by atoms with E-state index < -0.39 is 0 Å². The molecule has 0 bridgehead atoms. The van der Waals surface area contributed by atoms with Gasteiger partial charge in [-0.15, -0.1) is 0 Å². The topological polar surface area (TPSA) is 40.0 Å². The summed E-state index contributed by atoms with van der Waals surface area (Å²) in [6, 6.07) is 0. The van der Waals surface area contributed by atoms with Crippen LogP contribution >= 0.6 is 0 Å². The molecular formula is C18H30BNO3. The van der Waals surface area contributed by atoms with E-state index in [9.17, 15) is 0 Å². The van der Waals surface area contributed by atoms with Crippen LogP contribution < -0.4 is 0 Å². The van der Waals surface area contributed by atoms with Crippen LogP contribution in [0.4, 0.5) is 0 Å². The van der Waals surface area contributed by atoms with E-state index in [-0.39, 0.29) is 31.3 Å². The van der Waals surface area contributed by atoms with Crippen LogP contribution in [0.3, 0.4) is 0 Å². The molecule has 0 spiro atoms. The molecule has 0 aromatic carbocycles. The zero-order valence-corrected chi connectivity index (χ0v) is 15.5. The van der Waals surface area contributed by atoms with Crippen molar-refractivity contribution in [3.05, 3.63) is 23.3 Å². The van der Waals surface area contributed by atoms with Gasteiger partial charge in [-0.05, 0) is 45.7 Å². The van der Waals surface area contributed by atoms with Gasteiger partial charge in [-0.2, -0.15) is 0 Å². The Labute approximate surface area is 141 Å². The van der Waals surface area contributed by atoms with E-state index >= 15 is 0 Å². The van der Waals surface area contributed by atoms with Gasteiger partial charge in [0.05, 0.1) is 5.70 Å². The molecule has 5 heteroatoms. The standard InChI is InChI=1S/C18H30BNO3/c1-8-13(6)18-20-16-10-9-15(14(7)17(16)21-18)19(22-11(2)3)23-12(4)5/h9-14,17H,8H2,1-7H3. The lowest BCUT2D eigenvalue weighted by atomic mass is 9.67. The van der Waals surface area contributed by atoms with Gasteiger partial charge in [-0.3, -0.25) is 0 Å². The molecule has 1 aliphatic carbocycles. The van der Waals surface area contributed by atoms with Gasteiger partial charge >= 0.3 is 7.12 Å². The lowest BCUT2D eigenvalue weighted by molar-refractivity contribution is 0.127. The third kappa shape index (κ3) is 4.27. The molecule has 1 heterocycles. The van der Waals surface area contributed by atoms with E-state index in [1.807, 2.05) is 27.7 Å². The summed E-state index contributed by atoms with van der Waals surface area (Å²) in [6.45, 7) is 14.6. The molecule has 4 nitrogen and oxygen atoms in total. The van der Waals surface area contributed by atoms with E-state index in [1.54, 1.807) is 0 Å². The third-order valence-electron chi connectivity index (χ3n) is 4.30. The van der Waals surface area contributed by atoms with Gasteiger partial charge in [0.15, 0.2) is 5.90 Å². The number of hydrogen-bond acceptors (Lipinski definition) is 4. The lowest BCUT2D eigenvalue weighted by Gasteiger charge is -2.30. The Bertz CT molecular complexity index is 500. The molecule has 2 aliphatic rings. The maximum absolute atomic E-state index is 6.15. The Balaban J connectivity index is 2.20. The zero-order chi connectivity index (χ0) is 17.1. The molecule has 3 atom stereocenters. The fraction of sp³-hybridized carbons (Fsp3) is 0.722. The minimum Gasteiger partial charge on any atom is -0.470 e. The van der Waals surface area contributed by atoms with Crippen molar-refractivity contribution in [2.24, 2.45) is 16.8 Å². The average molecular weight is 319 g/mol. The number of ether oxygens (including phenoxy) is 1. The van der Waals surface area contributed by atoms with Gasteiger partial charge in [-0.1, -0.05) is 26.8 Å². The first kappa shape index (κ1) is 18.3. The molecule has 0 radical (unpaired) electrons. The van der Waals surface area contributed by atoms with E-state index in [4.69, 9.17) is 14.0 Å². The second-order valence-electron chi connectivity index (χ2n) is 7.05. The number of fused-ring (bicyclic) bond motifs is 1. The van der Waals surface area contributed by atoms with Crippen molar-refractivity contribution in [2.45, 2.75) is 73.2 Å². The number of nitrogens with zero attached hydrogens (tertiary/aromatic N) is 1. The predicted octanol–water partition coefficient (Wildman–Crippen LogP) is 4.17. The average Bonchev–Trinajstić information content (AvgIpc) is 2.90. The highest BCUT2D eigenvalue weighted by Gasteiger charge is 2.41. The van der Waals surface area contributed by atoms with Crippen LogP contribution in [-0.4, -0.2) is 31.3 Å². The molecule has 23 heavy (non-hydrogen) atoms. The van der Waals surface area contributed by atoms with E-state index in [0.717, 1.165) is 23.5 Å². The molecule has 0 saturated carbocycles. The van der Waals surface area contributed by atoms with E-state index in [2.05, 4.69) is 37.9 Å². The number of aliphatic imine (C=N–C) groups is 1. The molecule has 128 valence electrons. The summed E-state index contributed by atoms with van der Waals surface area (Å²) in [7, 11) is -0.334. The molecule has 0 saturated heterocycles. The van der Waals surface area contributed by atoms with Crippen molar-refractivity contribution in [1.29, 1.82) is 0 Å². The molecule has 1 aliphatic heterocycles. The highest BCUT2D eigenvalue weighted by molar-refractivity contribution is 6.54. The van der Waals surface area contributed by atoms with Crippen LogP contribution in [0.5, 0.6) is 0 Å². The second-order valence-corrected chi connectivity index (χ2v) is 7.05. The van der Waals surface area contributed by atoms with Crippen molar-refractivity contribution in [3.63, 3.8) is 0 Å². The van der Waals surface area contributed by atoms with Gasteiger partial charge in [0.1, 0.15) is 6.10 Å². The van der Waals surface area contributed by atoms with E-state index in [1.165, 1.54) is 0 Å². The highest BCUT2D eigenvalue weighted by atomic mass is 16.6. The maximum Gasteiger partial charge on any atom is 0.490 e. The Morgan fingerprint density at radius 3 is 2.26 bits per heavy atom. The fourth-order valence-electron chi connectivity index (χ4n) is 2.78. The Kier molecular flexibility index (Phi) is 6.09. The summed E-state index contributed by atoms with van der Waals surface area (Å²) in [4.78, 5) is 4.68. The molecule has 0 aromatic rings. The highest BCUT2D eigenvalue weighted by Crippen LogP contribution is 2.36. The quantitative estimate of drug-likeness (QED) is 0.661. The second kappa shape index (κ2) is 7.67. The van der Waals surface area contributed by atoms with Gasteiger partial charge in [-0.25, -0.2) is 4.99 Å². The van der Waals surface area contributed by atoms with Crippen molar-refractivity contribution in [3.8, 4) is 0 Å². The van der Waals surface area contributed by atoms with Gasteiger partial charge < -0.3 is 14.0 Å². The number of rotatable bonds is 7. The molecule has 3 unspecified atom stereocenters. The van der Waals surface area contributed by atoms with Gasteiger partial charge in [0.2, 0.25) is 0 Å². The normalized spacial score (nSPS) is 24.8. The summed E-state index contributed by atoms with van der Waals surface area (Å²) in [5.41, 5.74) is 2.14. The molecule has 2 rings (SSSR count). The first-order chi connectivity index (χ1) is 10.8. The molecule has 0 amide bonds. The monoisotopic (exact) mass is 319 g/mol. The summed E-state index contributed by atoms with van der Waals surface area (Å²) >= 11 is 0. The largest absolute Gasteiger partial charge is 0.490 e. The first-order valence-electron chi connectivity index (χ1n) is 8.81. The van der Waals surface area contributed by atoms with E-state index in [0.29, 0.717) is 5.92 Å². The van der Waals surface area contributed by atoms with Crippen LogP contribution in [0.15, 0.2) is 28.3 Å². The predicted molar refractivity (Wildman–Crippen MR) is 95.3 cm³/mol. The van der Waals surface area contributed by atoms with Gasteiger partial charge in [0, 0.05) is 24.0 Å². The maximum atomic E-state index is 6.15. The van der Waals surface area contributed by atoms with Crippen molar-refractivity contribution in [1.82, 2.24) is 0 Å². The van der Waals surface area contributed by atoms with Crippen molar-refractivity contribution in [2.75, 3.05) is 0 Å². The SMILES string of the molecule is CCC(C)C1=NC2=CC=C(B(OC(C)C)OC(C)C)C(C)C2O1. The third-order valence-corrected chi connectivity index (χ3v) is 4.30. The number of hydrogen-bond donors (Lipinski definition) is 0. The Morgan fingerprint density at radius 2 is 1.74 bits per heavy atom. The summed E-state index contributed by atoms with van der Waals surface area (Å²) in [5, 5.41) is 0. The Morgan fingerprint density at radius 1 is 1.13 bits per heavy atom. The Hall–Kier alpha value is -1.07. The smallest absolute Gasteiger partial charge is 0.470 e. The first-order valence-corrected chi connectivity index (χ1v) is 8.81. The minimum absolute atomic E-state index is 0.0203. The van der Waals surface area contributed by atoms with Crippen LogP contribution in [0.1, 0.15) is 54.9 Å². The molecule has 0 N–H and O–H groups in total. The summed E-state index contributed by atoms with van der Waals surface area (Å²) in [5.74, 6) is 1.39. The summed E-state index contributed by atoms with van der Waals surface area (Å²) in [6.07, 6.45) is 5.37. The fourth-order valence-corrected chi connectivity index (χ4v) is 2.78. The summed E-state index contributed by atoms with van der Waals surface area (Å²) < 4.78 is 18.2. The van der Waals surface area contributed by atoms with Crippen LogP contribution in [0, 0.1) is 11.8 Å². The molecule has 0 fully saturated rings. The molecular weight excluding hydrogens is 289 g/mol. The zero-order valence-electron chi connectivity index (χ0n) is 15.5. The van der Waals surface area contributed by atoms with Crippen molar-refractivity contribution >= 4 is 13.0 Å².